The molecule has 6 rings (SSSR count). The zero-order chi connectivity index (χ0) is 43.1. The highest BCUT2D eigenvalue weighted by Crippen LogP contribution is 2.51. The molecule has 0 aliphatic carbocycles. The molecule has 6 nitrogen and oxygen atoms in total. The minimum atomic E-state index is -1.77. The standard InChI is InChI=1S/C46H38Cl2F4O6P2/c1-5-55-45(53)27(3)57-43-37(47)23-25-39(59(33-15-7-29(49)8-16-33)34-17-9-30(50)10-18-34)41(43)42-40(26-24-38(48)44(42)58-28(4)46(54)56-6-2)60(35-19-11-31(51)12-20-35)36-21-13-32(52)14-22-36/h7-28H,5-6H2,1-4H3. The molecule has 0 amide bonds. The summed E-state index contributed by atoms with van der Waals surface area (Å²) < 4.78 is 81.9. The molecule has 0 spiro atoms. The lowest BCUT2D eigenvalue weighted by Gasteiger charge is -2.30. The Balaban J connectivity index is 1.81. The molecule has 60 heavy (non-hydrogen) atoms. The van der Waals surface area contributed by atoms with Crippen molar-refractivity contribution >= 4 is 82.8 Å². The molecule has 0 aliphatic rings. The van der Waals surface area contributed by atoms with E-state index < -0.39 is 63.3 Å². The fourth-order valence-corrected chi connectivity index (χ4v) is 11.6. The number of carbonyl (C=O) groups excluding carboxylic acids is 2. The van der Waals surface area contributed by atoms with E-state index in [-0.39, 0.29) is 45.9 Å². The van der Waals surface area contributed by atoms with Crippen LogP contribution in [0.4, 0.5) is 17.6 Å². The highest BCUT2D eigenvalue weighted by Gasteiger charge is 2.34. The number of benzene rings is 6. The minimum absolute atomic E-state index is 0.00300. The lowest BCUT2D eigenvalue weighted by atomic mass is 10.0. The van der Waals surface area contributed by atoms with Gasteiger partial charge in [-0.15, -0.1) is 0 Å². The number of rotatable bonds is 15. The van der Waals surface area contributed by atoms with Crippen molar-refractivity contribution in [2.24, 2.45) is 0 Å². The van der Waals surface area contributed by atoms with Crippen molar-refractivity contribution in [3.05, 3.63) is 155 Å². The van der Waals surface area contributed by atoms with E-state index in [1.54, 1.807) is 86.6 Å². The molecule has 0 heterocycles. The first-order chi connectivity index (χ1) is 28.8. The van der Waals surface area contributed by atoms with Crippen LogP contribution in [0.5, 0.6) is 11.5 Å². The molecular weight excluding hydrogens is 857 g/mol. The maximum Gasteiger partial charge on any atom is 0.347 e. The van der Waals surface area contributed by atoms with E-state index >= 15 is 0 Å². The van der Waals surface area contributed by atoms with E-state index in [0.29, 0.717) is 31.8 Å². The van der Waals surface area contributed by atoms with Crippen molar-refractivity contribution in [1.82, 2.24) is 0 Å². The van der Waals surface area contributed by atoms with Gasteiger partial charge in [0, 0.05) is 11.1 Å². The Morgan fingerprint density at radius 2 is 0.750 bits per heavy atom. The van der Waals surface area contributed by atoms with Gasteiger partial charge in [-0.05, 0) is 136 Å². The Hall–Kier alpha value is -4.98. The third kappa shape index (κ3) is 10.1. The maximum absolute atomic E-state index is 14.6. The topological polar surface area (TPSA) is 71.1 Å². The third-order valence-electron chi connectivity index (χ3n) is 9.07. The Labute approximate surface area is 357 Å². The lowest BCUT2D eigenvalue weighted by Crippen LogP contribution is -2.31. The Kier molecular flexibility index (Phi) is 14.9. The smallest absolute Gasteiger partial charge is 0.347 e. The van der Waals surface area contributed by atoms with Crippen LogP contribution in [0.3, 0.4) is 0 Å². The van der Waals surface area contributed by atoms with Crippen LogP contribution in [-0.4, -0.2) is 37.4 Å². The van der Waals surface area contributed by atoms with E-state index in [4.69, 9.17) is 42.1 Å². The highest BCUT2D eigenvalue weighted by molar-refractivity contribution is 7.80. The largest absolute Gasteiger partial charge is 0.477 e. The van der Waals surface area contributed by atoms with Gasteiger partial charge in [-0.3, -0.25) is 0 Å². The second kappa shape index (κ2) is 20.1. The second-order valence-corrected chi connectivity index (χ2v) is 18.3. The number of hydrogen-bond acceptors (Lipinski definition) is 6. The van der Waals surface area contributed by atoms with Gasteiger partial charge < -0.3 is 18.9 Å². The predicted octanol–water partition coefficient (Wildman–Crippen LogP) is 9.39. The molecule has 0 saturated heterocycles. The van der Waals surface area contributed by atoms with Gasteiger partial charge in [0.15, 0.2) is 12.2 Å². The fourth-order valence-electron chi connectivity index (χ4n) is 6.36. The zero-order valence-corrected chi connectivity index (χ0v) is 36.0. The number of halogens is 6. The first-order valence-electron chi connectivity index (χ1n) is 18.8. The van der Waals surface area contributed by atoms with Crippen LogP contribution in [0.15, 0.2) is 121 Å². The molecule has 0 radical (unpaired) electrons. The first-order valence-corrected chi connectivity index (χ1v) is 22.2. The van der Waals surface area contributed by atoms with Crippen LogP contribution in [-0.2, 0) is 19.1 Å². The normalized spacial score (nSPS) is 12.3. The SMILES string of the molecule is CCOC(=O)C(C)Oc1c(Cl)ccc(P(c2ccc(F)cc2)c2ccc(F)cc2)c1-c1c(P(c2ccc(F)cc2)c2ccc(F)cc2)ccc(Cl)c1OC(C)C(=O)OCC. The van der Waals surface area contributed by atoms with Gasteiger partial charge in [0.25, 0.3) is 0 Å². The summed E-state index contributed by atoms with van der Waals surface area (Å²) in [5.74, 6) is -3.33. The molecular formula is C46H38Cl2F4O6P2. The Morgan fingerprint density at radius 1 is 0.483 bits per heavy atom. The van der Waals surface area contributed by atoms with Crippen molar-refractivity contribution in [3.8, 4) is 22.6 Å². The quantitative estimate of drug-likeness (QED) is 0.0582. The number of ether oxygens (including phenoxy) is 4. The van der Waals surface area contributed by atoms with Crippen molar-refractivity contribution in [2.75, 3.05) is 13.2 Å². The average molecular weight is 896 g/mol. The lowest BCUT2D eigenvalue weighted by molar-refractivity contribution is -0.151. The van der Waals surface area contributed by atoms with Crippen molar-refractivity contribution in [2.45, 2.75) is 39.9 Å². The average Bonchev–Trinajstić information content (AvgIpc) is 3.23. The number of carbonyl (C=O) groups is 2. The van der Waals surface area contributed by atoms with Crippen LogP contribution >= 0.6 is 39.0 Å². The zero-order valence-electron chi connectivity index (χ0n) is 32.7. The summed E-state index contributed by atoms with van der Waals surface area (Å²) in [4.78, 5) is 26.4. The van der Waals surface area contributed by atoms with E-state index in [0.717, 1.165) is 0 Å². The third-order valence-corrected chi connectivity index (χ3v) is 14.6. The van der Waals surface area contributed by atoms with Gasteiger partial charge in [-0.2, -0.15) is 0 Å². The minimum Gasteiger partial charge on any atom is -0.477 e. The van der Waals surface area contributed by atoms with E-state index in [9.17, 15) is 27.2 Å². The molecule has 0 aliphatic heterocycles. The predicted molar refractivity (Wildman–Crippen MR) is 233 cm³/mol. The Bertz CT molecular complexity index is 2190. The van der Waals surface area contributed by atoms with Crippen LogP contribution in [0, 0.1) is 23.3 Å². The molecule has 0 bridgehead atoms. The molecule has 2 atom stereocenters. The van der Waals surface area contributed by atoms with Gasteiger partial charge in [0.1, 0.15) is 34.8 Å². The van der Waals surface area contributed by atoms with Gasteiger partial charge in [0.2, 0.25) is 0 Å². The molecule has 6 aromatic carbocycles. The summed E-state index contributed by atoms with van der Waals surface area (Å²) in [7, 11) is -3.54. The van der Waals surface area contributed by atoms with Crippen molar-refractivity contribution < 1.29 is 46.1 Å². The summed E-state index contributed by atoms with van der Waals surface area (Å²) in [6, 6.07) is 30.1. The summed E-state index contributed by atoms with van der Waals surface area (Å²) >= 11 is 14.2. The molecule has 0 fully saturated rings. The van der Waals surface area contributed by atoms with E-state index in [1.165, 1.54) is 62.4 Å². The van der Waals surface area contributed by atoms with Crippen LogP contribution in [0.2, 0.25) is 10.0 Å². The van der Waals surface area contributed by atoms with Crippen LogP contribution in [0.1, 0.15) is 27.7 Å². The molecule has 310 valence electrons. The summed E-state index contributed by atoms with van der Waals surface area (Å²) in [6.07, 6.45) is -2.44. The Morgan fingerprint density at radius 3 is 1.00 bits per heavy atom. The number of esters is 2. The molecule has 2 unspecified atom stereocenters. The molecule has 0 saturated carbocycles. The molecule has 14 heteroatoms. The first kappa shape index (κ1) is 44.6. The molecule has 0 N–H and O–H groups in total. The maximum atomic E-state index is 14.6. The van der Waals surface area contributed by atoms with Gasteiger partial charge in [0.05, 0.1) is 23.3 Å². The van der Waals surface area contributed by atoms with Gasteiger partial charge in [-0.1, -0.05) is 83.9 Å². The summed E-state index contributed by atoms with van der Waals surface area (Å²) in [5, 5.41) is 3.69. The molecule has 0 aromatic heterocycles. The van der Waals surface area contributed by atoms with Crippen LogP contribution in [0.25, 0.3) is 11.1 Å². The van der Waals surface area contributed by atoms with Crippen molar-refractivity contribution in [3.63, 3.8) is 0 Å². The summed E-state index contributed by atoms with van der Waals surface area (Å²) in [6.45, 7) is 6.43. The fraction of sp³-hybridized carbons (Fsp3) is 0.174. The van der Waals surface area contributed by atoms with Crippen molar-refractivity contribution in [1.29, 1.82) is 0 Å². The monoisotopic (exact) mass is 894 g/mol. The van der Waals surface area contributed by atoms with Gasteiger partial charge >= 0.3 is 11.9 Å². The van der Waals surface area contributed by atoms with E-state index in [1.807, 2.05) is 0 Å². The van der Waals surface area contributed by atoms with Crippen LogP contribution < -0.4 is 41.3 Å². The number of hydrogen-bond donors (Lipinski definition) is 0. The highest BCUT2D eigenvalue weighted by atomic mass is 35.5. The van der Waals surface area contributed by atoms with Gasteiger partial charge in [-0.25, -0.2) is 27.2 Å². The molecule has 6 aromatic rings. The second-order valence-electron chi connectivity index (χ2n) is 13.1. The summed E-state index contributed by atoms with van der Waals surface area (Å²) in [5.41, 5.74) is 0.525. The van der Waals surface area contributed by atoms with E-state index in [2.05, 4.69) is 0 Å².